The zero-order valence-electron chi connectivity index (χ0n) is 30.7. The van der Waals surface area contributed by atoms with Crippen molar-refractivity contribution >= 4 is 11.9 Å². The van der Waals surface area contributed by atoms with E-state index >= 15 is 0 Å². The largest absolute Gasteiger partial charge is 0.370 e. The van der Waals surface area contributed by atoms with E-state index in [1.54, 1.807) is 0 Å². The minimum Gasteiger partial charge on any atom is -0.370 e. The van der Waals surface area contributed by atoms with Gasteiger partial charge in [0.05, 0.1) is 6.54 Å². The second-order valence-corrected chi connectivity index (χ2v) is 13.7. The van der Waals surface area contributed by atoms with Crippen LogP contribution in [0.15, 0.2) is 17.1 Å². The number of nitrogens with two attached hydrogens (primary N) is 2. The predicted molar refractivity (Wildman–Crippen MR) is 201 cm³/mol. The topological polar surface area (TPSA) is 84.7 Å². The number of aliphatic imine (C=N–C) groups is 1. The highest BCUT2D eigenvalue weighted by atomic mass is 16.2. The number of carbonyl (C=O) groups excluding carboxylic acids is 1. The summed E-state index contributed by atoms with van der Waals surface area (Å²) in [4.78, 5) is 19.0. The van der Waals surface area contributed by atoms with Crippen LogP contribution in [0.2, 0.25) is 0 Å². The van der Waals surface area contributed by atoms with Crippen LogP contribution in [0.5, 0.6) is 0 Å². The molecule has 0 saturated carbocycles. The molecule has 0 saturated heterocycles. The molecule has 0 heterocycles. The molecule has 0 unspecified atom stereocenters. The highest BCUT2D eigenvalue weighted by Gasteiger charge is 2.12. The average Bonchev–Trinajstić information content (AvgIpc) is 3.03. The lowest BCUT2D eigenvalue weighted by atomic mass is 10.0. The summed E-state index contributed by atoms with van der Waals surface area (Å²) in [6.45, 7) is 6.72. The van der Waals surface area contributed by atoms with Crippen LogP contribution in [-0.2, 0) is 4.79 Å². The molecule has 0 bridgehead atoms. The van der Waals surface area contributed by atoms with Gasteiger partial charge in [0, 0.05) is 19.5 Å². The first-order chi connectivity index (χ1) is 22.1. The van der Waals surface area contributed by atoms with Crippen molar-refractivity contribution in [1.82, 2.24) is 4.90 Å². The van der Waals surface area contributed by atoms with E-state index in [9.17, 15) is 4.79 Å². The van der Waals surface area contributed by atoms with E-state index in [4.69, 9.17) is 11.5 Å². The molecule has 0 spiro atoms. The van der Waals surface area contributed by atoms with Crippen LogP contribution in [0.3, 0.4) is 0 Å². The summed E-state index contributed by atoms with van der Waals surface area (Å²) in [6.07, 6.45) is 45.4. The summed E-state index contributed by atoms with van der Waals surface area (Å²) in [7, 11) is 0. The lowest BCUT2D eigenvalue weighted by molar-refractivity contribution is -0.131. The van der Waals surface area contributed by atoms with E-state index < -0.39 is 0 Å². The van der Waals surface area contributed by atoms with Crippen LogP contribution in [0.25, 0.3) is 0 Å². The summed E-state index contributed by atoms with van der Waals surface area (Å²) in [6, 6.07) is 0. The van der Waals surface area contributed by atoms with Crippen molar-refractivity contribution in [2.24, 2.45) is 16.5 Å². The normalized spacial score (nSPS) is 11.4. The number of hydrogen-bond donors (Lipinski definition) is 2. The smallest absolute Gasteiger partial charge is 0.224 e. The van der Waals surface area contributed by atoms with E-state index in [1.165, 1.54) is 180 Å². The molecule has 0 aliphatic rings. The van der Waals surface area contributed by atoms with Crippen LogP contribution >= 0.6 is 0 Å². The Morgan fingerprint density at radius 2 is 0.800 bits per heavy atom. The molecule has 266 valence electrons. The average molecular weight is 633 g/mol. The van der Waals surface area contributed by atoms with Gasteiger partial charge in [0.25, 0.3) is 0 Å². The van der Waals surface area contributed by atoms with E-state index in [0.29, 0.717) is 13.0 Å². The summed E-state index contributed by atoms with van der Waals surface area (Å²) in [5, 5.41) is 0. The van der Waals surface area contributed by atoms with Crippen LogP contribution < -0.4 is 11.5 Å². The fraction of sp³-hybridized carbons (Fsp3) is 0.900. The molecule has 0 fully saturated rings. The Bertz CT molecular complexity index is 659. The van der Waals surface area contributed by atoms with E-state index in [1.807, 2.05) is 0 Å². The Morgan fingerprint density at radius 3 is 1.13 bits per heavy atom. The first kappa shape index (κ1) is 43.5. The monoisotopic (exact) mass is 633 g/mol. The second-order valence-electron chi connectivity index (χ2n) is 13.7. The molecule has 0 aliphatic heterocycles. The third kappa shape index (κ3) is 35.2. The number of carbonyl (C=O) groups is 1. The molecule has 0 aliphatic carbocycles. The molecule has 0 aromatic heterocycles. The van der Waals surface area contributed by atoms with Crippen LogP contribution in [0, 0.1) is 0 Å². The molecule has 0 rings (SSSR count). The highest BCUT2D eigenvalue weighted by Crippen LogP contribution is 2.15. The van der Waals surface area contributed by atoms with E-state index in [-0.39, 0.29) is 11.9 Å². The Hall–Kier alpha value is -1.52. The zero-order chi connectivity index (χ0) is 32.9. The minimum absolute atomic E-state index is 0.0699. The summed E-state index contributed by atoms with van der Waals surface area (Å²) >= 11 is 0. The molecular weight excluding hydrogens is 552 g/mol. The first-order valence-electron chi connectivity index (χ1n) is 20.1. The Labute approximate surface area is 282 Å². The lowest BCUT2D eigenvalue weighted by Gasteiger charge is -2.22. The van der Waals surface area contributed by atoms with Crippen molar-refractivity contribution in [3.63, 3.8) is 0 Å². The van der Waals surface area contributed by atoms with Gasteiger partial charge in [0.15, 0.2) is 5.96 Å². The Kier molecular flexibility index (Phi) is 35.7. The molecule has 0 aromatic rings. The first-order valence-corrected chi connectivity index (χ1v) is 20.1. The highest BCUT2D eigenvalue weighted by molar-refractivity contribution is 5.78. The third-order valence-electron chi connectivity index (χ3n) is 9.19. The van der Waals surface area contributed by atoms with Gasteiger partial charge in [-0.15, -0.1) is 0 Å². The SMILES string of the molecule is CCCCCCCC/C=C\CCCCCCCCN(CCCCCCCCCCCCCCCCCC)C(=O)CCN=C(N)N. The number of amides is 1. The van der Waals surface area contributed by atoms with Crippen LogP contribution in [-0.4, -0.2) is 36.4 Å². The Balaban J connectivity index is 3.88. The maximum absolute atomic E-state index is 12.9. The number of rotatable bonds is 36. The van der Waals surface area contributed by atoms with Crippen molar-refractivity contribution < 1.29 is 4.79 Å². The number of allylic oxidation sites excluding steroid dienone is 2. The van der Waals surface area contributed by atoms with Gasteiger partial charge in [0.2, 0.25) is 5.91 Å². The molecule has 5 nitrogen and oxygen atoms in total. The maximum atomic E-state index is 12.9. The molecule has 0 atom stereocenters. The number of unbranched alkanes of at least 4 members (excludes halogenated alkanes) is 27. The van der Waals surface area contributed by atoms with Crippen molar-refractivity contribution in [2.45, 2.75) is 213 Å². The number of hydrogen-bond acceptors (Lipinski definition) is 2. The van der Waals surface area contributed by atoms with Crippen molar-refractivity contribution in [3.8, 4) is 0 Å². The zero-order valence-corrected chi connectivity index (χ0v) is 30.7. The Morgan fingerprint density at radius 1 is 0.489 bits per heavy atom. The van der Waals surface area contributed by atoms with Crippen LogP contribution in [0.1, 0.15) is 213 Å². The third-order valence-corrected chi connectivity index (χ3v) is 9.19. The van der Waals surface area contributed by atoms with Gasteiger partial charge in [-0.25, -0.2) is 0 Å². The molecular formula is C40H80N4O. The molecule has 45 heavy (non-hydrogen) atoms. The van der Waals surface area contributed by atoms with Gasteiger partial charge < -0.3 is 16.4 Å². The van der Waals surface area contributed by atoms with Gasteiger partial charge in [-0.05, 0) is 38.5 Å². The molecule has 1 amide bonds. The summed E-state index contributed by atoms with van der Waals surface area (Å²) in [5.41, 5.74) is 10.9. The van der Waals surface area contributed by atoms with Crippen LogP contribution in [0.4, 0.5) is 0 Å². The quantitative estimate of drug-likeness (QED) is 0.0312. The summed E-state index contributed by atoms with van der Waals surface area (Å²) in [5.74, 6) is 0.272. The van der Waals surface area contributed by atoms with E-state index in [2.05, 4.69) is 35.9 Å². The van der Waals surface area contributed by atoms with Gasteiger partial charge in [-0.3, -0.25) is 9.79 Å². The van der Waals surface area contributed by atoms with Gasteiger partial charge in [0.1, 0.15) is 0 Å². The van der Waals surface area contributed by atoms with Crippen molar-refractivity contribution in [3.05, 3.63) is 12.2 Å². The van der Waals surface area contributed by atoms with E-state index in [0.717, 1.165) is 25.9 Å². The lowest BCUT2D eigenvalue weighted by Crippen LogP contribution is -2.33. The molecule has 4 N–H and O–H groups in total. The second kappa shape index (κ2) is 36.9. The fourth-order valence-electron chi connectivity index (χ4n) is 6.20. The standard InChI is InChI=1S/C40H80N4O/c1-3-5-7-9-11-13-15-17-19-21-23-25-27-29-31-33-37-44(39(45)35-36-43-40(41)42)38-34-32-30-28-26-24-22-20-18-16-14-12-10-8-6-4-2/h17,19H,3-16,18,20-38H2,1-2H3,(H4,41,42,43)/b19-17-. The molecule has 0 radical (unpaired) electrons. The van der Waals surface area contributed by atoms with Crippen molar-refractivity contribution in [2.75, 3.05) is 19.6 Å². The van der Waals surface area contributed by atoms with Gasteiger partial charge in [-0.1, -0.05) is 180 Å². The predicted octanol–water partition coefficient (Wildman–Crippen LogP) is 11.8. The summed E-state index contributed by atoms with van der Waals surface area (Å²) < 4.78 is 0. The minimum atomic E-state index is 0.0699. The maximum Gasteiger partial charge on any atom is 0.224 e. The van der Waals surface area contributed by atoms with Gasteiger partial charge in [-0.2, -0.15) is 0 Å². The van der Waals surface area contributed by atoms with Gasteiger partial charge >= 0.3 is 0 Å². The van der Waals surface area contributed by atoms with Crippen molar-refractivity contribution in [1.29, 1.82) is 0 Å². The molecule has 5 heteroatoms. The number of guanidine groups is 1. The molecule has 0 aromatic carbocycles. The number of nitrogens with zero attached hydrogens (tertiary/aromatic N) is 2. The fourth-order valence-corrected chi connectivity index (χ4v) is 6.20.